The normalized spacial score (nSPS) is 11.6. The smallest absolute Gasteiger partial charge is 0.319 e. The minimum absolute atomic E-state index is 0.00862. The fraction of sp³-hybridized carbons (Fsp3) is 0.333. The van der Waals surface area contributed by atoms with E-state index < -0.39 is 6.04 Å². The number of rotatable bonds is 5. The molecule has 1 aromatic rings. The molecule has 0 unspecified atom stereocenters. The first kappa shape index (κ1) is 13.5. The molecule has 0 saturated heterocycles. The predicted octanol–water partition coefficient (Wildman–Crippen LogP) is 2.06. The zero-order valence-electron chi connectivity index (χ0n) is 9.44. The lowest BCUT2D eigenvalue weighted by Gasteiger charge is -2.11. The van der Waals surface area contributed by atoms with Crippen LogP contribution in [-0.2, 0) is 9.53 Å². The third kappa shape index (κ3) is 4.43. The molecule has 0 heterocycles. The number of nitriles is 1. The highest BCUT2D eigenvalue weighted by molar-refractivity contribution is 6.30. The van der Waals surface area contributed by atoms with Crippen molar-refractivity contribution in [3.8, 4) is 6.07 Å². The van der Waals surface area contributed by atoms with Crippen molar-refractivity contribution in [3.05, 3.63) is 34.9 Å². The summed E-state index contributed by atoms with van der Waals surface area (Å²) in [6, 6.07) is 8.42. The van der Waals surface area contributed by atoms with Gasteiger partial charge in [0.2, 0.25) is 0 Å². The lowest BCUT2D eigenvalue weighted by molar-refractivity contribution is -0.142. The molecule has 0 fully saturated rings. The molecule has 0 radical (unpaired) electrons. The van der Waals surface area contributed by atoms with Gasteiger partial charge in [-0.05, 0) is 24.6 Å². The number of nitrogens with one attached hydrogen (secondary N) is 1. The molecule has 0 saturated carbocycles. The van der Waals surface area contributed by atoms with Crippen LogP contribution in [0.2, 0.25) is 5.02 Å². The topological polar surface area (TPSA) is 62.1 Å². The van der Waals surface area contributed by atoms with E-state index in [2.05, 4.69) is 11.4 Å². The number of halogens is 1. The fourth-order valence-corrected chi connectivity index (χ4v) is 1.42. The van der Waals surface area contributed by atoms with Crippen LogP contribution < -0.4 is 5.32 Å². The molecule has 1 aromatic carbocycles. The van der Waals surface area contributed by atoms with Gasteiger partial charge in [-0.15, -0.1) is 0 Å². The van der Waals surface area contributed by atoms with Crippen LogP contribution in [0, 0.1) is 11.3 Å². The van der Waals surface area contributed by atoms with Gasteiger partial charge >= 0.3 is 5.97 Å². The second-order valence-corrected chi connectivity index (χ2v) is 3.74. The third-order valence-electron chi connectivity index (χ3n) is 2.09. The molecule has 0 spiro atoms. The molecule has 1 N–H and O–H groups in total. The highest BCUT2D eigenvalue weighted by atomic mass is 35.5. The Morgan fingerprint density at radius 3 is 2.71 bits per heavy atom. The van der Waals surface area contributed by atoms with Crippen LogP contribution in [0.1, 0.15) is 18.5 Å². The maximum atomic E-state index is 11.1. The number of ether oxygens (including phenoxy) is 1. The van der Waals surface area contributed by atoms with E-state index in [0.717, 1.165) is 5.56 Å². The van der Waals surface area contributed by atoms with Crippen LogP contribution in [0.25, 0.3) is 0 Å². The lowest BCUT2D eigenvalue weighted by atomic mass is 10.1. The van der Waals surface area contributed by atoms with Crippen molar-refractivity contribution < 1.29 is 9.53 Å². The van der Waals surface area contributed by atoms with Crippen molar-refractivity contribution in [1.29, 1.82) is 5.26 Å². The summed E-state index contributed by atoms with van der Waals surface area (Å²) < 4.78 is 4.76. The first-order chi connectivity index (χ1) is 8.17. The number of benzene rings is 1. The highest BCUT2D eigenvalue weighted by Crippen LogP contribution is 2.15. The Bertz CT molecular complexity index is 412. The van der Waals surface area contributed by atoms with Gasteiger partial charge in [0, 0.05) is 5.02 Å². The molecule has 5 heteroatoms. The fourth-order valence-electron chi connectivity index (χ4n) is 1.29. The molecule has 1 rings (SSSR count). The summed E-state index contributed by atoms with van der Waals surface area (Å²) in [4.78, 5) is 11.1. The summed E-state index contributed by atoms with van der Waals surface area (Å²) in [5, 5.41) is 12.4. The number of carbonyl (C=O) groups is 1. The first-order valence-corrected chi connectivity index (χ1v) is 5.59. The first-order valence-electron chi connectivity index (χ1n) is 5.21. The molecule has 1 atom stereocenters. The number of hydrogen-bond acceptors (Lipinski definition) is 4. The Morgan fingerprint density at radius 2 is 2.18 bits per heavy atom. The second-order valence-electron chi connectivity index (χ2n) is 3.30. The van der Waals surface area contributed by atoms with Crippen molar-refractivity contribution in [2.75, 3.05) is 13.2 Å². The summed E-state index contributed by atoms with van der Waals surface area (Å²) in [6.45, 7) is 2.08. The summed E-state index contributed by atoms with van der Waals surface area (Å²) in [5.74, 6) is -0.373. The number of carbonyl (C=O) groups excluding carboxylic acids is 1. The minimum Gasteiger partial charge on any atom is -0.465 e. The van der Waals surface area contributed by atoms with Crippen LogP contribution in [0.5, 0.6) is 0 Å². The van der Waals surface area contributed by atoms with Crippen molar-refractivity contribution >= 4 is 17.6 Å². The number of esters is 1. The lowest BCUT2D eigenvalue weighted by Crippen LogP contribution is -2.28. The average molecular weight is 253 g/mol. The van der Waals surface area contributed by atoms with E-state index in [9.17, 15) is 4.79 Å². The Kier molecular flexibility index (Phi) is 5.47. The Balaban J connectivity index is 2.58. The number of hydrogen-bond donors (Lipinski definition) is 1. The van der Waals surface area contributed by atoms with Gasteiger partial charge in [0.05, 0.1) is 19.2 Å². The maximum Gasteiger partial charge on any atom is 0.319 e. The summed E-state index contributed by atoms with van der Waals surface area (Å²) in [7, 11) is 0. The van der Waals surface area contributed by atoms with E-state index in [1.807, 2.05) is 0 Å². The van der Waals surface area contributed by atoms with Gasteiger partial charge in [-0.25, -0.2) is 0 Å². The number of nitrogens with zero attached hydrogens (tertiary/aromatic N) is 1. The van der Waals surface area contributed by atoms with Crippen LogP contribution in [0.15, 0.2) is 24.3 Å². The van der Waals surface area contributed by atoms with E-state index in [1.165, 1.54) is 0 Å². The quantitative estimate of drug-likeness (QED) is 0.815. The van der Waals surface area contributed by atoms with Crippen molar-refractivity contribution in [2.24, 2.45) is 0 Å². The Labute approximate surface area is 105 Å². The summed E-state index contributed by atoms with van der Waals surface area (Å²) in [6.07, 6.45) is 0. The molecule has 0 aliphatic rings. The second kappa shape index (κ2) is 6.89. The molecular weight excluding hydrogens is 240 g/mol. The maximum absolute atomic E-state index is 11.1. The molecule has 4 nitrogen and oxygen atoms in total. The van der Waals surface area contributed by atoms with Gasteiger partial charge in [-0.1, -0.05) is 23.7 Å². The van der Waals surface area contributed by atoms with Gasteiger partial charge in [0.1, 0.15) is 6.04 Å². The third-order valence-corrected chi connectivity index (χ3v) is 2.34. The minimum atomic E-state index is -0.545. The van der Waals surface area contributed by atoms with Crippen molar-refractivity contribution in [2.45, 2.75) is 13.0 Å². The SMILES string of the molecule is CCOC(=O)CN[C@@H](C#N)c1ccc(Cl)cc1. The predicted molar refractivity (Wildman–Crippen MR) is 64.4 cm³/mol. The van der Waals surface area contributed by atoms with Gasteiger partial charge in [-0.2, -0.15) is 5.26 Å². The molecule has 17 heavy (non-hydrogen) atoms. The van der Waals surface area contributed by atoms with Crippen LogP contribution in [-0.4, -0.2) is 19.1 Å². The Hall–Kier alpha value is -1.57. The zero-order valence-corrected chi connectivity index (χ0v) is 10.2. The molecule has 90 valence electrons. The van der Waals surface area contributed by atoms with Crippen molar-refractivity contribution in [1.82, 2.24) is 5.32 Å². The highest BCUT2D eigenvalue weighted by Gasteiger charge is 2.11. The van der Waals surface area contributed by atoms with Gasteiger partial charge < -0.3 is 4.74 Å². The van der Waals surface area contributed by atoms with E-state index >= 15 is 0 Å². The van der Waals surface area contributed by atoms with Gasteiger partial charge in [0.15, 0.2) is 0 Å². The average Bonchev–Trinajstić information content (AvgIpc) is 2.32. The molecule has 0 amide bonds. The molecule has 0 aliphatic heterocycles. The van der Waals surface area contributed by atoms with E-state index in [0.29, 0.717) is 11.6 Å². The summed E-state index contributed by atoms with van der Waals surface area (Å²) >= 11 is 5.75. The molecular formula is C12H13ClN2O2. The monoisotopic (exact) mass is 252 g/mol. The molecule has 0 aliphatic carbocycles. The largest absolute Gasteiger partial charge is 0.465 e. The molecule has 0 aromatic heterocycles. The van der Waals surface area contributed by atoms with Gasteiger partial charge in [-0.3, -0.25) is 10.1 Å². The standard InChI is InChI=1S/C12H13ClN2O2/c1-2-17-12(16)8-15-11(7-14)9-3-5-10(13)6-4-9/h3-6,11,15H,2,8H2,1H3/t11-/m0/s1. The van der Waals surface area contributed by atoms with Crippen molar-refractivity contribution in [3.63, 3.8) is 0 Å². The van der Waals surface area contributed by atoms with E-state index in [4.69, 9.17) is 21.6 Å². The van der Waals surface area contributed by atoms with E-state index in [-0.39, 0.29) is 12.5 Å². The van der Waals surface area contributed by atoms with E-state index in [1.54, 1.807) is 31.2 Å². The summed E-state index contributed by atoms with van der Waals surface area (Å²) in [5.41, 5.74) is 0.765. The van der Waals surface area contributed by atoms with Gasteiger partial charge in [0.25, 0.3) is 0 Å². The van der Waals surface area contributed by atoms with Crippen LogP contribution in [0.4, 0.5) is 0 Å². The molecule has 0 bridgehead atoms. The van der Waals surface area contributed by atoms with Crippen LogP contribution >= 0.6 is 11.6 Å². The zero-order chi connectivity index (χ0) is 12.7. The Morgan fingerprint density at radius 1 is 1.53 bits per heavy atom. The van der Waals surface area contributed by atoms with Crippen LogP contribution in [0.3, 0.4) is 0 Å².